The van der Waals surface area contributed by atoms with Gasteiger partial charge in [0.1, 0.15) is 5.92 Å². The Morgan fingerprint density at radius 1 is 1.20 bits per heavy atom. The van der Waals surface area contributed by atoms with Gasteiger partial charge in [0, 0.05) is 5.71 Å². The zero-order valence-corrected chi connectivity index (χ0v) is 12.4. The van der Waals surface area contributed by atoms with E-state index in [0.717, 1.165) is 11.8 Å². The Balaban J connectivity index is 2.80. The van der Waals surface area contributed by atoms with Crippen LogP contribution in [0, 0.1) is 5.92 Å². The number of ether oxygens (including phenoxy) is 2. The van der Waals surface area contributed by atoms with Gasteiger partial charge in [0.05, 0.1) is 24.0 Å². The highest BCUT2D eigenvalue weighted by Crippen LogP contribution is 2.21. The summed E-state index contributed by atoms with van der Waals surface area (Å²) in [7, 11) is 0. The molecule has 0 aromatic heterocycles. The predicted molar refractivity (Wildman–Crippen MR) is 75.2 cm³/mol. The van der Waals surface area contributed by atoms with Crippen molar-refractivity contribution in [2.75, 3.05) is 19.0 Å². The molecule has 110 valence electrons. The summed E-state index contributed by atoms with van der Waals surface area (Å²) < 4.78 is 9.71. The SMILES string of the molecule is CCOC(=O)CSC1=NC(=O)N=C(C)C1C(=O)OCC. The van der Waals surface area contributed by atoms with Crippen molar-refractivity contribution in [1.82, 2.24) is 0 Å². The summed E-state index contributed by atoms with van der Waals surface area (Å²) in [5.41, 5.74) is 0.315. The van der Waals surface area contributed by atoms with Crippen LogP contribution in [0.25, 0.3) is 0 Å². The lowest BCUT2D eigenvalue weighted by atomic mass is 10.1. The highest BCUT2D eigenvalue weighted by molar-refractivity contribution is 8.14. The van der Waals surface area contributed by atoms with E-state index >= 15 is 0 Å². The second-order valence-corrected chi connectivity index (χ2v) is 4.76. The molecule has 0 saturated carbocycles. The largest absolute Gasteiger partial charge is 0.465 e. The average molecular weight is 300 g/mol. The van der Waals surface area contributed by atoms with Crippen molar-refractivity contribution in [1.29, 1.82) is 0 Å². The molecule has 1 aliphatic rings. The van der Waals surface area contributed by atoms with Gasteiger partial charge in [0.2, 0.25) is 0 Å². The lowest BCUT2D eigenvalue weighted by Gasteiger charge is -2.19. The third kappa shape index (κ3) is 4.44. The maximum absolute atomic E-state index is 11.9. The van der Waals surface area contributed by atoms with Crippen LogP contribution in [0.5, 0.6) is 0 Å². The number of hydrogen-bond donors (Lipinski definition) is 0. The lowest BCUT2D eigenvalue weighted by Crippen LogP contribution is -2.34. The van der Waals surface area contributed by atoms with Crippen LogP contribution in [0.4, 0.5) is 4.79 Å². The van der Waals surface area contributed by atoms with Gasteiger partial charge in [-0.25, -0.2) is 4.79 Å². The zero-order valence-electron chi connectivity index (χ0n) is 11.5. The molecule has 2 amide bonds. The Morgan fingerprint density at radius 2 is 1.85 bits per heavy atom. The monoisotopic (exact) mass is 300 g/mol. The highest BCUT2D eigenvalue weighted by atomic mass is 32.2. The van der Waals surface area contributed by atoms with E-state index in [2.05, 4.69) is 9.98 Å². The number of rotatable bonds is 5. The van der Waals surface area contributed by atoms with Crippen LogP contribution in [0.15, 0.2) is 9.98 Å². The normalized spacial score (nSPS) is 18.1. The van der Waals surface area contributed by atoms with Crippen molar-refractivity contribution < 1.29 is 23.9 Å². The quantitative estimate of drug-likeness (QED) is 0.713. The van der Waals surface area contributed by atoms with Gasteiger partial charge in [-0.3, -0.25) is 9.59 Å². The molecule has 0 aromatic carbocycles. The molecule has 7 nitrogen and oxygen atoms in total. The first kappa shape index (κ1) is 16.4. The molecule has 0 saturated heterocycles. The zero-order chi connectivity index (χ0) is 15.1. The van der Waals surface area contributed by atoms with E-state index in [0.29, 0.717) is 5.71 Å². The van der Waals surface area contributed by atoms with Crippen molar-refractivity contribution >= 4 is 40.5 Å². The molecule has 1 unspecified atom stereocenters. The number of thioether (sulfide) groups is 1. The number of carbonyl (C=O) groups is 3. The summed E-state index contributed by atoms with van der Waals surface area (Å²) in [6.45, 7) is 5.42. The third-order valence-electron chi connectivity index (χ3n) is 2.31. The van der Waals surface area contributed by atoms with E-state index in [4.69, 9.17) is 9.47 Å². The molecule has 0 fully saturated rings. The van der Waals surface area contributed by atoms with Gasteiger partial charge in [0.15, 0.2) is 0 Å². The van der Waals surface area contributed by atoms with E-state index < -0.39 is 23.9 Å². The molecule has 1 aliphatic heterocycles. The minimum atomic E-state index is -0.827. The first-order valence-corrected chi connectivity index (χ1v) is 7.10. The summed E-state index contributed by atoms with van der Waals surface area (Å²) >= 11 is 0.988. The fourth-order valence-corrected chi connectivity index (χ4v) is 2.45. The predicted octanol–water partition coefficient (Wildman–Crippen LogP) is 1.45. The first-order valence-electron chi connectivity index (χ1n) is 6.12. The second-order valence-electron chi connectivity index (χ2n) is 3.76. The van der Waals surface area contributed by atoms with E-state index in [9.17, 15) is 14.4 Å². The Hall–Kier alpha value is -1.70. The van der Waals surface area contributed by atoms with E-state index in [1.54, 1.807) is 20.8 Å². The van der Waals surface area contributed by atoms with Crippen LogP contribution in [-0.4, -0.2) is 47.7 Å². The lowest BCUT2D eigenvalue weighted by molar-refractivity contribution is -0.143. The van der Waals surface area contributed by atoms with Crippen LogP contribution in [0.3, 0.4) is 0 Å². The summed E-state index contributed by atoms with van der Waals surface area (Å²) in [6.07, 6.45) is 0. The molecule has 1 rings (SSSR count). The maximum Gasteiger partial charge on any atom is 0.367 e. The summed E-state index contributed by atoms with van der Waals surface area (Å²) in [5, 5.41) is 0.217. The van der Waals surface area contributed by atoms with Gasteiger partial charge in [-0.2, -0.15) is 9.98 Å². The molecule has 8 heteroatoms. The number of urea groups is 1. The Kier molecular flexibility index (Phi) is 6.37. The van der Waals surface area contributed by atoms with Crippen molar-refractivity contribution in [3.8, 4) is 0 Å². The van der Waals surface area contributed by atoms with Crippen LogP contribution in [0.1, 0.15) is 20.8 Å². The molecule has 1 heterocycles. The number of esters is 2. The van der Waals surface area contributed by atoms with Crippen molar-refractivity contribution in [3.05, 3.63) is 0 Å². The van der Waals surface area contributed by atoms with Crippen LogP contribution in [-0.2, 0) is 19.1 Å². The average Bonchev–Trinajstić information content (AvgIpc) is 2.36. The standard InChI is InChI=1S/C12H16N2O5S/c1-4-18-8(15)6-20-10-9(11(16)19-5-2)7(3)13-12(17)14-10/h9H,4-6H2,1-3H3. The first-order chi connectivity index (χ1) is 9.49. The van der Waals surface area contributed by atoms with Gasteiger partial charge >= 0.3 is 18.0 Å². The number of nitrogens with zero attached hydrogens (tertiary/aromatic N) is 2. The summed E-state index contributed by atoms with van der Waals surface area (Å²) in [6, 6.07) is -0.686. The van der Waals surface area contributed by atoms with Crippen LogP contribution >= 0.6 is 11.8 Å². The van der Waals surface area contributed by atoms with E-state index in [-0.39, 0.29) is 24.0 Å². The summed E-state index contributed by atoms with van der Waals surface area (Å²) in [5.74, 6) is -1.82. The minimum absolute atomic E-state index is 0.0247. The summed E-state index contributed by atoms with van der Waals surface area (Å²) in [4.78, 5) is 41.9. The number of amides is 2. The molecule has 0 aromatic rings. The maximum atomic E-state index is 11.9. The van der Waals surface area contributed by atoms with Crippen LogP contribution < -0.4 is 0 Å². The van der Waals surface area contributed by atoms with Crippen LogP contribution in [0.2, 0.25) is 0 Å². The second kappa shape index (κ2) is 7.78. The number of carbonyl (C=O) groups excluding carboxylic acids is 3. The van der Waals surface area contributed by atoms with Crippen molar-refractivity contribution in [3.63, 3.8) is 0 Å². The molecule has 0 N–H and O–H groups in total. The molecular formula is C12H16N2O5S. The van der Waals surface area contributed by atoms with Crippen molar-refractivity contribution in [2.45, 2.75) is 20.8 Å². The van der Waals surface area contributed by atoms with Gasteiger partial charge in [0.25, 0.3) is 0 Å². The molecule has 0 aliphatic carbocycles. The van der Waals surface area contributed by atoms with Gasteiger partial charge < -0.3 is 9.47 Å². The topological polar surface area (TPSA) is 94.4 Å². The fraction of sp³-hybridized carbons (Fsp3) is 0.583. The van der Waals surface area contributed by atoms with E-state index in [1.807, 2.05) is 0 Å². The number of aliphatic imine (C=N–C) groups is 2. The molecule has 20 heavy (non-hydrogen) atoms. The molecule has 1 atom stereocenters. The van der Waals surface area contributed by atoms with E-state index in [1.165, 1.54) is 0 Å². The third-order valence-corrected chi connectivity index (χ3v) is 3.31. The molecule has 0 spiro atoms. The van der Waals surface area contributed by atoms with Crippen molar-refractivity contribution in [2.24, 2.45) is 15.9 Å². The van der Waals surface area contributed by atoms with Gasteiger partial charge in [-0.15, -0.1) is 0 Å². The Bertz CT molecular complexity index is 472. The fourth-order valence-electron chi connectivity index (χ4n) is 1.53. The van der Waals surface area contributed by atoms with Gasteiger partial charge in [-0.05, 0) is 20.8 Å². The molecule has 0 bridgehead atoms. The van der Waals surface area contributed by atoms with Gasteiger partial charge in [-0.1, -0.05) is 11.8 Å². The highest BCUT2D eigenvalue weighted by Gasteiger charge is 2.33. The molecule has 0 radical (unpaired) electrons. The Labute approximate surface area is 120 Å². The molecular weight excluding hydrogens is 284 g/mol. The smallest absolute Gasteiger partial charge is 0.367 e. The Morgan fingerprint density at radius 3 is 2.45 bits per heavy atom. The minimum Gasteiger partial charge on any atom is -0.465 e. The number of hydrogen-bond acceptors (Lipinski definition) is 6.